The van der Waals surface area contributed by atoms with Gasteiger partial charge in [0.15, 0.2) is 11.5 Å². The van der Waals surface area contributed by atoms with Gasteiger partial charge in [0.1, 0.15) is 5.82 Å². The molecule has 168 valence electrons. The van der Waals surface area contributed by atoms with Crippen LogP contribution in [0.3, 0.4) is 0 Å². The van der Waals surface area contributed by atoms with Crippen LogP contribution in [-0.2, 0) is 6.54 Å². The van der Waals surface area contributed by atoms with Crippen molar-refractivity contribution < 1.29 is 9.72 Å². The summed E-state index contributed by atoms with van der Waals surface area (Å²) in [5, 5.41) is 19.2. The van der Waals surface area contributed by atoms with Crippen molar-refractivity contribution in [2.45, 2.75) is 6.54 Å². The molecule has 34 heavy (non-hydrogen) atoms. The number of aromatic nitrogens is 4. The molecule has 0 aliphatic heterocycles. The van der Waals surface area contributed by atoms with Gasteiger partial charge in [-0.05, 0) is 35.9 Å². The van der Waals surface area contributed by atoms with Crippen LogP contribution in [-0.4, -0.2) is 30.6 Å². The number of hydrogen-bond donors (Lipinski definition) is 1. The number of carbonyl (C=O) groups excluding carboxylic acids is 1. The van der Waals surface area contributed by atoms with Crippen molar-refractivity contribution in [2.24, 2.45) is 0 Å². The summed E-state index contributed by atoms with van der Waals surface area (Å²) >= 11 is 6.82. The number of fused-ring (bicyclic) bond motifs is 1. The average molecular weight is 491 g/mol. The summed E-state index contributed by atoms with van der Waals surface area (Å²) in [6.45, 7) is 0.478. The predicted octanol–water partition coefficient (Wildman–Crippen LogP) is 5.42. The fraction of sp³-hybridized carbons (Fsp3) is 0.0435. The summed E-state index contributed by atoms with van der Waals surface area (Å²) in [6.07, 6.45) is 1.59. The number of anilines is 1. The molecule has 11 heteroatoms. The molecule has 0 atom stereocenters. The molecular weight excluding hydrogens is 476 g/mol. The van der Waals surface area contributed by atoms with E-state index < -0.39 is 10.8 Å². The average Bonchev–Trinajstić information content (AvgIpc) is 3.49. The minimum absolute atomic E-state index is 0.115. The highest BCUT2D eigenvalue weighted by Gasteiger charge is 2.20. The smallest absolute Gasteiger partial charge is 0.305 e. The van der Waals surface area contributed by atoms with Crippen LogP contribution in [0.25, 0.3) is 22.4 Å². The molecule has 3 aromatic heterocycles. The second kappa shape index (κ2) is 9.00. The van der Waals surface area contributed by atoms with Crippen molar-refractivity contribution in [1.29, 1.82) is 0 Å². The van der Waals surface area contributed by atoms with E-state index in [0.717, 1.165) is 16.9 Å². The molecule has 1 amide bonds. The van der Waals surface area contributed by atoms with Gasteiger partial charge in [-0.15, -0.1) is 0 Å². The van der Waals surface area contributed by atoms with Crippen LogP contribution in [0, 0.1) is 10.1 Å². The Balaban J connectivity index is 1.58. The molecule has 0 radical (unpaired) electrons. The van der Waals surface area contributed by atoms with E-state index in [1.54, 1.807) is 35.1 Å². The first-order valence-corrected chi connectivity index (χ1v) is 11.3. The molecule has 0 aliphatic carbocycles. The zero-order valence-corrected chi connectivity index (χ0v) is 19.0. The monoisotopic (exact) mass is 490 g/mol. The minimum Gasteiger partial charge on any atom is -0.305 e. The Morgan fingerprint density at radius 2 is 1.82 bits per heavy atom. The lowest BCUT2D eigenvalue weighted by molar-refractivity contribution is -0.380. The van der Waals surface area contributed by atoms with Gasteiger partial charge in [-0.1, -0.05) is 53.3 Å². The van der Waals surface area contributed by atoms with Gasteiger partial charge in [-0.3, -0.25) is 14.9 Å². The highest BCUT2D eigenvalue weighted by molar-refractivity contribution is 7.17. The Morgan fingerprint density at radius 3 is 2.53 bits per heavy atom. The van der Waals surface area contributed by atoms with E-state index >= 15 is 0 Å². The summed E-state index contributed by atoms with van der Waals surface area (Å²) in [6, 6.07) is 19.6. The van der Waals surface area contributed by atoms with Gasteiger partial charge in [0.2, 0.25) is 0 Å². The zero-order chi connectivity index (χ0) is 23.7. The highest BCUT2D eigenvalue weighted by Crippen LogP contribution is 2.28. The standard InChI is InChI=1S/C23H15ClN6O3S/c24-16-8-6-15(7-9-16)20-26-21(28-23(31)18-10-11-19(34-18)30(32)33)17-12-25-29(22(17)27-20)13-14-4-2-1-3-5-14/h1-12H,13H2,(H,26,27,28,31). The second-order valence-corrected chi connectivity index (χ2v) is 8.78. The van der Waals surface area contributed by atoms with Crippen molar-refractivity contribution in [1.82, 2.24) is 19.7 Å². The van der Waals surface area contributed by atoms with E-state index in [2.05, 4.69) is 15.4 Å². The number of nitrogens with zero attached hydrogens (tertiary/aromatic N) is 5. The molecular formula is C23H15ClN6O3S. The Kier molecular flexibility index (Phi) is 5.74. The third-order valence-corrected chi connectivity index (χ3v) is 6.29. The lowest BCUT2D eigenvalue weighted by Gasteiger charge is -2.09. The summed E-state index contributed by atoms with van der Waals surface area (Å²) in [7, 11) is 0. The maximum absolute atomic E-state index is 12.9. The third kappa shape index (κ3) is 4.36. The van der Waals surface area contributed by atoms with Crippen LogP contribution < -0.4 is 5.32 Å². The molecule has 0 fully saturated rings. The molecule has 0 saturated heterocycles. The SMILES string of the molecule is O=C(Nc1nc(-c2ccc(Cl)cc2)nc2c1cnn2Cc1ccccc1)c1ccc([N+](=O)[O-])s1. The molecule has 3 heterocycles. The van der Waals surface area contributed by atoms with Crippen molar-refractivity contribution in [3.05, 3.63) is 98.5 Å². The van der Waals surface area contributed by atoms with Crippen LogP contribution in [0.2, 0.25) is 5.02 Å². The molecule has 0 saturated carbocycles. The number of amides is 1. The van der Waals surface area contributed by atoms with Crippen LogP contribution in [0.5, 0.6) is 0 Å². The summed E-state index contributed by atoms with van der Waals surface area (Å²) in [5.74, 6) is 0.137. The quantitative estimate of drug-likeness (QED) is 0.251. The molecule has 0 aliphatic rings. The number of halogens is 1. The van der Waals surface area contributed by atoms with Crippen molar-refractivity contribution in [3.63, 3.8) is 0 Å². The van der Waals surface area contributed by atoms with E-state index in [-0.39, 0.29) is 15.7 Å². The third-order valence-electron chi connectivity index (χ3n) is 5.00. The first kappa shape index (κ1) is 21.7. The van der Waals surface area contributed by atoms with Gasteiger partial charge in [-0.25, -0.2) is 14.6 Å². The predicted molar refractivity (Wildman–Crippen MR) is 130 cm³/mol. The Hall–Kier alpha value is -4.15. The van der Waals surface area contributed by atoms with Gasteiger partial charge in [-0.2, -0.15) is 5.10 Å². The number of nitro groups is 1. The zero-order valence-electron chi connectivity index (χ0n) is 17.4. The summed E-state index contributed by atoms with van der Waals surface area (Å²) < 4.78 is 1.73. The van der Waals surface area contributed by atoms with Gasteiger partial charge < -0.3 is 5.32 Å². The molecule has 0 spiro atoms. The van der Waals surface area contributed by atoms with Crippen LogP contribution in [0.15, 0.2) is 72.9 Å². The maximum Gasteiger partial charge on any atom is 0.324 e. The van der Waals surface area contributed by atoms with Gasteiger partial charge in [0, 0.05) is 16.7 Å². The topological polar surface area (TPSA) is 116 Å². The van der Waals surface area contributed by atoms with Crippen LogP contribution >= 0.6 is 22.9 Å². The Morgan fingerprint density at radius 1 is 1.06 bits per heavy atom. The van der Waals surface area contributed by atoms with E-state index in [1.165, 1.54) is 12.1 Å². The maximum atomic E-state index is 12.9. The number of hydrogen-bond acceptors (Lipinski definition) is 7. The lowest BCUT2D eigenvalue weighted by atomic mass is 10.2. The first-order valence-electron chi connectivity index (χ1n) is 10.1. The number of carbonyl (C=O) groups is 1. The normalized spacial score (nSPS) is 11.0. The molecule has 5 aromatic rings. The van der Waals surface area contributed by atoms with Crippen molar-refractivity contribution in [2.75, 3.05) is 5.32 Å². The van der Waals surface area contributed by atoms with Crippen molar-refractivity contribution in [3.8, 4) is 11.4 Å². The number of rotatable bonds is 6. The van der Waals surface area contributed by atoms with Gasteiger partial charge in [0.25, 0.3) is 5.91 Å². The van der Waals surface area contributed by atoms with E-state index in [1.807, 2.05) is 30.3 Å². The Labute approximate surface area is 201 Å². The molecule has 1 N–H and O–H groups in total. The summed E-state index contributed by atoms with van der Waals surface area (Å²) in [4.78, 5) is 32.8. The largest absolute Gasteiger partial charge is 0.324 e. The number of nitrogens with one attached hydrogen (secondary N) is 1. The minimum atomic E-state index is -0.531. The molecule has 5 rings (SSSR count). The highest BCUT2D eigenvalue weighted by atomic mass is 35.5. The van der Waals surface area contributed by atoms with Crippen LogP contribution in [0.4, 0.5) is 10.8 Å². The van der Waals surface area contributed by atoms with Crippen LogP contribution in [0.1, 0.15) is 15.2 Å². The fourth-order valence-electron chi connectivity index (χ4n) is 3.37. The lowest BCUT2D eigenvalue weighted by Crippen LogP contribution is -2.13. The second-order valence-electron chi connectivity index (χ2n) is 7.28. The van der Waals surface area contributed by atoms with E-state index in [9.17, 15) is 14.9 Å². The molecule has 0 unspecified atom stereocenters. The fourth-order valence-corrected chi connectivity index (χ4v) is 4.21. The van der Waals surface area contributed by atoms with E-state index in [4.69, 9.17) is 16.6 Å². The number of benzene rings is 2. The van der Waals surface area contributed by atoms with Gasteiger partial charge in [0.05, 0.1) is 27.9 Å². The molecule has 2 aromatic carbocycles. The first-order chi connectivity index (χ1) is 16.5. The van der Waals surface area contributed by atoms with Gasteiger partial charge >= 0.3 is 5.00 Å². The Bertz CT molecular complexity index is 1520. The molecule has 0 bridgehead atoms. The summed E-state index contributed by atoms with van der Waals surface area (Å²) in [5.41, 5.74) is 2.29. The molecule has 9 nitrogen and oxygen atoms in total. The van der Waals surface area contributed by atoms with Crippen molar-refractivity contribution >= 4 is 50.7 Å². The number of thiophene rings is 1. The van der Waals surface area contributed by atoms with E-state index in [0.29, 0.717) is 34.0 Å².